The molecule has 1 saturated heterocycles. The van der Waals surface area contributed by atoms with E-state index in [2.05, 4.69) is 33.0 Å². The van der Waals surface area contributed by atoms with Crippen molar-refractivity contribution in [3.63, 3.8) is 0 Å². The van der Waals surface area contributed by atoms with E-state index >= 15 is 0 Å². The summed E-state index contributed by atoms with van der Waals surface area (Å²) >= 11 is 0. The number of amides is 2. The van der Waals surface area contributed by atoms with E-state index in [1.807, 2.05) is 12.1 Å². The van der Waals surface area contributed by atoms with Crippen molar-refractivity contribution in [2.75, 3.05) is 36.4 Å². The molecule has 0 radical (unpaired) electrons. The average Bonchev–Trinajstić information content (AvgIpc) is 2.57. The minimum atomic E-state index is -0.0816. The molecule has 0 aromatic heterocycles. The summed E-state index contributed by atoms with van der Waals surface area (Å²) in [4.78, 5) is 14.4. The van der Waals surface area contributed by atoms with Crippen LogP contribution in [0, 0.1) is 0 Å². The third kappa shape index (κ3) is 4.13. The third-order valence-electron chi connectivity index (χ3n) is 4.55. The van der Waals surface area contributed by atoms with Gasteiger partial charge in [-0.25, -0.2) is 4.79 Å². The Labute approximate surface area is 132 Å². The van der Waals surface area contributed by atoms with Crippen molar-refractivity contribution in [2.45, 2.75) is 38.1 Å². The third-order valence-corrected chi connectivity index (χ3v) is 4.55. The second-order valence-electron chi connectivity index (χ2n) is 6.22. The highest BCUT2D eigenvalue weighted by Crippen LogP contribution is 2.19. The Kier molecular flexibility index (Phi) is 5.16. The van der Waals surface area contributed by atoms with Gasteiger partial charge in [-0.1, -0.05) is 19.3 Å². The molecule has 0 unspecified atom stereocenters. The number of benzene rings is 1. The number of nitrogens with zero attached hydrogens (tertiary/aromatic N) is 1. The van der Waals surface area contributed by atoms with Gasteiger partial charge >= 0.3 is 6.03 Å². The molecule has 0 bridgehead atoms. The van der Waals surface area contributed by atoms with Gasteiger partial charge in [-0.3, -0.25) is 0 Å². The van der Waals surface area contributed by atoms with E-state index in [-0.39, 0.29) is 6.03 Å². The second-order valence-corrected chi connectivity index (χ2v) is 6.22. The SMILES string of the molecule is O=C(Nc1ccc(N2CCNCC2)cc1)NC1CCCCC1. The van der Waals surface area contributed by atoms with E-state index in [0.717, 1.165) is 44.7 Å². The fourth-order valence-electron chi connectivity index (χ4n) is 3.28. The zero-order valence-corrected chi connectivity index (χ0v) is 13.1. The summed E-state index contributed by atoms with van der Waals surface area (Å²) in [6.07, 6.45) is 5.96. The smallest absolute Gasteiger partial charge is 0.319 e. The number of piperazine rings is 1. The standard InChI is InChI=1S/C17H26N4O/c22-17(19-14-4-2-1-3-5-14)20-15-6-8-16(9-7-15)21-12-10-18-11-13-21/h6-9,14,18H,1-5,10-13H2,(H2,19,20,22). The lowest BCUT2D eigenvalue weighted by molar-refractivity contribution is 0.244. The maximum atomic E-state index is 12.0. The monoisotopic (exact) mass is 302 g/mol. The van der Waals surface area contributed by atoms with Gasteiger partial charge in [-0.05, 0) is 37.1 Å². The number of carbonyl (C=O) groups is 1. The van der Waals surface area contributed by atoms with E-state index in [0.29, 0.717) is 6.04 Å². The van der Waals surface area contributed by atoms with Crippen LogP contribution in [0.1, 0.15) is 32.1 Å². The van der Waals surface area contributed by atoms with Crippen molar-refractivity contribution >= 4 is 17.4 Å². The van der Waals surface area contributed by atoms with Gasteiger partial charge in [0.05, 0.1) is 0 Å². The van der Waals surface area contributed by atoms with Gasteiger partial charge in [0, 0.05) is 43.6 Å². The van der Waals surface area contributed by atoms with Crippen molar-refractivity contribution in [1.29, 1.82) is 0 Å². The maximum Gasteiger partial charge on any atom is 0.319 e. The molecule has 1 aromatic rings. The van der Waals surface area contributed by atoms with Crippen LogP contribution in [0.5, 0.6) is 0 Å². The largest absolute Gasteiger partial charge is 0.369 e. The second kappa shape index (κ2) is 7.49. The molecular formula is C17H26N4O. The quantitative estimate of drug-likeness (QED) is 0.804. The normalized spacial score (nSPS) is 19.7. The molecule has 120 valence electrons. The first-order valence-electron chi connectivity index (χ1n) is 8.44. The first kappa shape index (κ1) is 15.2. The highest BCUT2D eigenvalue weighted by molar-refractivity contribution is 5.89. The van der Waals surface area contributed by atoms with E-state index in [9.17, 15) is 4.79 Å². The first-order chi connectivity index (χ1) is 10.8. The van der Waals surface area contributed by atoms with Gasteiger partial charge in [0.2, 0.25) is 0 Å². The summed E-state index contributed by atoms with van der Waals surface area (Å²) in [6.45, 7) is 4.14. The highest BCUT2D eigenvalue weighted by atomic mass is 16.2. The lowest BCUT2D eigenvalue weighted by Crippen LogP contribution is -2.43. The van der Waals surface area contributed by atoms with Gasteiger partial charge in [0.15, 0.2) is 0 Å². The van der Waals surface area contributed by atoms with Gasteiger partial charge in [-0.2, -0.15) is 0 Å². The predicted molar refractivity (Wildman–Crippen MR) is 90.6 cm³/mol. The Morgan fingerprint density at radius 2 is 1.73 bits per heavy atom. The number of urea groups is 1. The molecule has 5 nitrogen and oxygen atoms in total. The maximum absolute atomic E-state index is 12.0. The lowest BCUT2D eigenvalue weighted by atomic mass is 9.96. The van der Waals surface area contributed by atoms with Crippen LogP contribution >= 0.6 is 0 Å². The van der Waals surface area contributed by atoms with Crippen LogP contribution in [0.25, 0.3) is 0 Å². The summed E-state index contributed by atoms with van der Waals surface area (Å²) < 4.78 is 0. The van der Waals surface area contributed by atoms with Crippen LogP contribution in [-0.2, 0) is 0 Å². The molecule has 5 heteroatoms. The van der Waals surface area contributed by atoms with Crippen molar-refractivity contribution in [1.82, 2.24) is 10.6 Å². The average molecular weight is 302 g/mol. The summed E-state index contributed by atoms with van der Waals surface area (Å²) in [6, 6.07) is 8.40. The molecule has 0 atom stereocenters. The minimum Gasteiger partial charge on any atom is -0.369 e. The van der Waals surface area contributed by atoms with Gasteiger partial charge in [0.25, 0.3) is 0 Å². The highest BCUT2D eigenvalue weighted by Gasteiger charge is 2.15. The minimum absolute atomic E-state index is 0.0816. The Morgan fingerprint density at radius 1 is 1.05 bits per heavy atom. The topological polar surface area (TPSA) is 56.4 Å². The van der Waals surface area contributed by atoms with Crippen LogP contribution in [0.3, 0.4) is 0 Å². The van der Waals surface area contributed by atoms with Crippen molar-refractivity contribution in [3.8, 4) is 0 Å². The van der Waals surface area contributed by atoms with Crippen LogP contribution in [-0.4, -0.2) is 38.3 Å². The molecule has 1 saturated carbocycles. The first-order valence-corrected chi connectivity index (χ1v) is 8.44. The zero-order valence-electron chi connectivity index (χ0n) is 13.1. The molecule has 2 aliphatic rings. The number of nitrogens with one attached hydrogen (secondary N) is 3. The number of hydrogen-bond acceptors (Lipinski definition) is 3. The molecule has 3 N–H and O–H groups in total. The van der Waals surface area contributed by atoms with Crippen LogP contribution < -0.4 is 20.9 Å². The fourth-order valence-corrected chi connectivity index (χ4v) is 3.28. The van der Waals surface area contributed by atoms with Crippen molar-refractivity contribution in [2.24, 2.45) is 0 Å². The molecule has 2 amide bonds. The molecule has 22 heavy (non-hydrogen) atoms. The molecule has 2 fully saturated rings. The van der Waals surface area contributed by atoms with E-state index in [1.165, 1.54) is 24.9 Å². The summed E-state index contributed by atoms with van der Waals surface area (Å²) in [7, 11) is 0. The van der Waals surface area contributed by atoms with Crippen molar-refractivity contribution < 1.29 is 4.79 Å². The summed E-state index contributed by atoms with van der Waals surface area (Å²) in [5, 5.41) is 9.37. The fraction of sp³-hybridized carbons (Fsp3) is 0.588. The van der Waals surface area contributed by atoms with E-state index in [4.69, 9.17) is 0 Å². The number of anilines is 2. The van der Waals surface area contributed by atoms with Crippen LogP contribution in [0.2, 0.25) is 0 Å². The van der Waals surface area contributed by atoms with Gasteiger partial charge in [0.1, 0.15) is 0 Å². The summed E-state index contributed by atoms with van der Waals surface area (Å²) in [5.41, 5.74) is 2.08. The Morgan fingerprint density at radius 3 is 2.41 bits per heavy atom. The van der Waals surface area contributed by atoms with Crippen LogP contribution in [0.4, 0.5) is 16.2 Å². The zero-order chi connectivity index (χ0) is 15.2. The molecule has 1 aromatic carbocycles. The Balaban J connectivity index is 1.50. The molecule has 0 spiro atoms. The summed E-state index contributed by atoms with van der Waals surface area (Å²) in [5.74, 6) is 0. The molecular weight excluding hydrogens is 276 g/mol. The number of rotatable bonds is 3. The lowest BCUT2D eigenvalue weighted by Gasteiger charge is -2.29. The molecule has 1 aliphatic heterocycles. The van der Waals surface area contributed by atoms with E-state index in [1.54, 1.807) is 0 Å². The van der Waals surface area contributed by atoms with Crippen molar-refractivity contribution in [3.05, 3.63) is 24.3 Å². The Bertz CT molecular complexity index is 476. The van der Waals surface area contributed by atoms with E-state index < -0.39 is 0 Å². The Hall–Kier alpha value is -1.75. The van der Waals surface area contributed by atoms with Gasteiger partial charge < -0.3 is 20.9 Å². The molecule has 3 rings (SSSR count). The predicted octanol–water partition coefficient (Wildman–Crippen LogP) is 2.55. The number of hydrogen-bond donors (Lipinski definition) is 3. The van der Waals surface area contributed by atoms with Crippen LogP contribution in [0.15, 0.2) is 24.3 Å². The molecule has 1 aliphatic carbocycles. The number of carbonyl (C=O) groups excluding carboxylic acids is 1. The van der Waals surface area contributed by atoms with Gasteiger partial charge in [-0.15, -0.1) is 0 Å². The molecule has 1 heterocycles.